The summed E-state index contributed by atoms with van der Waals surface area (Å²) in [5, 5.41) is 7.06. The Hall–Kier alpha value is -2.63. The minimum atomic E-state index is -0.348. The monoisotopic (exact) mass is 312 g/mol. The molecule has 0 saturated carbocycles. The second kappa shape index (κ2) is 5.87. The fourth-order valence-electron chi connectivity index (χ4n) is 2.81. The van der Waals surface area contributed by atoms with E-state index in [-0.39, 0.29) is 24.2 Å². The van der Waals surface area contributed by atoms with E-state index >= 15 is 0 Å². The van der Waals surface area contributed by atoms with E-state index in [0.717, 1.165) is 16.9 Å². The third-order valence-corrected chi connectivity index (χ3v) is 4.09. The summed E-state index contributed by atoms with van der Waals surface area (Å²) in [6, 6.07) is 9.57. The van der Waals surface area contributed by atoms with Crippen molar-refractivity contribution in [1.82, 2.24) is 9.78 Å². The molecule has 6 heteroatoms. The number of rotatable bonds is 3. The number of anilines is 2. The molecule has 1 N–H and O–H groups in total. The predicted molar refractivity (Wildman–Crippen MR) is 88.2 cm³/mol. The van der Waals surface area contributed by atoms with Gasteiger partial charge in [0.2, 0.25) is 11.8 Å². The normalized spacial score (nSPS) is 17.6. The van der Waals surface area contributed by atoms with Crippen LogP contribution in [-0.4, -0.2) is 28.1 Å². The molecule has 3 rings (SSSR count). The zero-order valence-corrected chi connectivity index (χ0v) is 13.5. The molecule has 0 spiro atoms. The topological polar surface area (TPSA) is 67.2 Å². The van der Waals surface area contributed by atoms with Gasteiger partial charge in [0.05, 0.1) is 11.6 Å². The molecule has 0 aliphatic carbocycles. The van der Waals surface area contributed by atoms with Crippen molar-refractivity contribution in [2.45, 2.75) is 20.3 Å². The minimum Gasteiger partial charge on any atom is -0.312 e. The van der Waals surface area contributed by atoms with Crippen LogP contribution in [0.2, 0.25) is 0 Å². The number of carbonyl (C=O) groups is 2. The third-order valence-electron chi connectivity index (χ3n) is 4.09. The second-order valence-electron chi connectivity index (χ2n) is 6.02. The van der Waals surface area contributed by atoms with Crippen LogP contribution in [0.1, 0.15) is 17.7 Å². The predicted octanol–water partition coefficient (Wildman–Crippen LogP) is 2.03. The first-order chi connectivity index (χ1) is 10.9. The van der Waals surface area contributed by atoms with Gasteiger partial charge < -0.3 is 10.2 Å². The molecule has 23 heavy (non-hydrogen) atoms. The van der Waals surface area contributed by atoms with Gasteiger partial charge in [-0.05, 0) is 26.0 Å². The van der Waals surface area contributed by atoms with E-state index in [2.05, 4.69) is 10.4 Å². The zero-order chi connectivity index (χ0) is 16.6. The van der Waals surface area contributed by atoms with Crippen molar-refractivity contribution in [3.8, 4) is 0 Å². The second-order valence-corrected chi connectivity index (χ2v) is 6.02. The van der Waals surface area contributed by atoms with E-state index in [9.17, 15) is 9.59 Å². The molecule has 1 fully saturated rings. The number of benzene rings is 1. The summed E-state index contributed by atoms with van der Waals surface area (Å²) >= 11 is 0. The molecule has 1 aromatic carbocycles. The highest BCUT2D eigenvalue weighted by molar-refractivity contribution is 6.03. The highest BCUT2D eigenvalue weighted by Gasteiger charge is 2.35. The quantitative estimate of drug-likeness (QED) is 0.943. The molecular formula is C17H20N4O2. The molecule has 1 saturated heterocycles. The molecule has 2 aromatic rings. The molecule has 1 aromatic heterocycles. The van der Waals surface area contributed by atoms with Crippen LogP contribution in [0.15, 0.2) is 30.3 Å². The molecule has 0 radical (unpaired) electrons. The number of hydrogen-bond acceptors (Lipinski definition) is 3. The Labute approximate surface area is 135 Å². The maximum Gasteiger partial charge on any atom is 0.230 e. The SMILES string of the molecule is Cc1ccc(N2CC(C(=O)Nc3cc(C)nn3C)CC2=O)cc1. The van der Waals surface area contributed by atoms with Gasteiger partial charge in [-0.1, -0.05) is 17.7 Å². The molecule has 6 nitrogen and oxygen atoms in total. The lowest BCUT2D eigenvalue weighted by Gasteiger charge is -2.17. The van der Waals surface area contributed by atoms with Gasteiger partial charge in [0.1, 0.15) is 5.82 Å². The average Bonchev–Trinajstić information content (AvgIpc) is 3.03. The first kappa shape index (κ1) is 15.3. The molecule has 2 amide bonds. The maximum atomic E-state index is 12.4. The summed E-state index contributed by atoms with van der Waals surface area (Å²) in [6.45, 7) is 4.28. The number of amides is 2. The van der Waals surface area contributed by atoms with Crippen LogP contribution < -0.4 is 10.2 Å². The van der Waals surface area contributed by atoms with Crippen molar-refractivity contribution >= 4 is 23.3 Å². The Morgan fingerprint density at radius 3 is 2.57 bits per heavy atom. The van der Waals surface area contributed by atoms with E-state index in [1.54, 1.807) is 16.6 Å². The van der Waals surface area contributed by atoms with Crippen LogP contribution in [0.3, 0.4) is 0 Å². The summed E-state index contributed by atoms with van der Waals surface area (Å²) in [4.78, 5) is 26.3. The summed E-state index contributed by atoms with van der Waals surface area (Å²) in [5.74, 6) is 0.138. The van der Waals surface area contributed by atoms with Gasteiger partial charge in [-0.2, -0.15) is 5.10 Å². The molecule has 1 aliphatic heterocycles. The van der Waals surface area contributed by atoms with Crippen molar-refractivity contribution in [3.05, 3.63) is 41.6 Å². The van der Waals surface area contributed by atoms with Crippen LogP contribution in [0, 0.1) is 19.8 Å². The number of nitrogens with one attached hydrogen (secondary N) is 1. The van der Waals surface area contributed by atoms with Gasteiger partial charge in [-0.25, -0.2) is 0 Å². The molecule has 2 heterocycles. The molecular weight excluding hydrogens is 292 g/mol. The lowest BCUT2D eigenvalue weighted by molar-refractivity contribution is -0.122. The number of carbonyl (C=O) groups excluding carboxylic acids is 2. The number of nitrogens with zero attached hydrogens (tertiary/aromatic N) is 3. The van der Waals surface area contributed by atoms with Crippen LogP contribution in [-0.2, 0) is 16.6 Å². The Kier molecular flexibility index (Phi) is 3.90. The van der Waals surface area contributed by atoms with Crippen molar-refractivity contribution in [2.75, 3.05) is 16.8 Å². The van der Waals surface area contributed by atoms with Gasteiger partial charge in [0.25, 0.3) is 0 Å². The third kappa shape index (κ3) is 3.11. The van der Waals surface area contributed by atoms with Gasteiger partial charge >= 0.3 is 0 Å². The standard InChI is InChI=1S/C17H20N4O2/c1-11-4-6-14(7-5-11)21-10-13(9-16(21)22)17(23)18-15-8-12(2)19-20(15)3/h4-8,13H,9-10H2,1-3H3,(H,18,23). The van der Waals surface area contributed by atoms with E-state index in [0.29, 0.717) is 12.4 Å². The lowest BCUT2D eigenvalue weighted by atomic mass is 10.1. The first-order valence-corrected chi connectivity index (χ1v) is 7.62. The van der Waals surface area contributed by atoms with Gasteiger partial charge in [-0.15, -0.1) is 0 Å². The highest BCUT2D eigenvalue weighted by Crippen LogP contribution is 2.26. The lowest BCUT2D eigenvalue weighted by Crippen LogP contribution is -2.28. The number of aromatic nitrogens is 2. The minimum absolute atomic E-state index is 0.0183. The van der Waals surface area contributed by atoms with Gasteiger partial charge in [0, 0.05) is 31.8 Å². The molecule has 120 valence electrons. The average molecular weight is 312 g/mol. The smallest absolute Gasteiger partial charge is 0.230 e. The molecule has 1 aliphatic rings. The van der Waals surface area contributed by atoms with Crippen LogP contribution >= 0.6 is 0 Å². The summed E-state index contributed by atoms with van der Waals surface area (Å²) in [6.07, 6.45) is 0.233. The van der Waals surface area contributed by atoms with Gasteiger partial charge in [-0.3, -0.25) is 14.3 Å². The Morgan fingerprint density at radius 2 is 1.96 bits per heavy atom. The first-order valence-electron chi connectivity index (χ1n) is 7.62. The zero-order valence-electron chi connectivity index (χ0n) is 13.5. The van der Waals surface area contributed by atoms with Crippen molar-refractivity contribution in [3.63, 3.8) is 0 Å². The van der Waals surface area contributed by atoms with Crippen molar-refractivity contribution < 1.29 is 9.59 Å². The van der Waals surface area contributed by atoms with E-state index in [1.807, 2.05) is 44.2 Å². The molecule has 1 unspecified atom stereocenters. The number of hydrogen-bond donors (Lipinski definition) is 1. The van der Waals surface area contributed by atoms with Crippen LogP contribution in [0.25, 0.3) is 0 Å². The fraction of sp³-hybridized carbons (Fsp3) is 0.353. The molecule has 0 bridgehead atoms. The summed E-state index contributed by atoms with van der Waals surface area (Å²) < 4.78 is 1.63. The van der Waals surface area contributed by atoms with Crippen LogP contribution in [0.4, 0.5) is 11.5 Å². The summed E-state index contributed by atoms with van der Waals surface area (Å²) in [5.41, 5.74) is 2.82. The maximum absolute atomic E-state index is 12.4. The Balaban J connectivity index is 1.70. The van der Waals surface area contributed by atoms with E-state index in [1.165, 1.54) is 0 Å². The Morgan fingerprint density at radius 1 is 1.26 bits per heavy atom. The summed E-state index contributed by atoms with van der Waals surface area (Å²) in [7, 11) is 1.78. The van der Waals surface area contributed by atoms with E-state index < -0.39 is 0 Å². The largest absolute Gasteiger partial charge is 0.312 e. The highest BCUT2D eigenvalue weighted by atomic mass is 16.2. The van der Waals surface area contributed by atoms with Crippen molar-refractivity contribution in [2.24, 2.45) is 13.0 Å². The Bertz CT molecular complexity index is 748. The van der Waals surface area contributed by atoms with Gasteiger partial charge in [0.15, 0.2) is 0 Å². The van der Waals surface area contributed by atoms with Crippen LogP contribution in [0.5, 0.6) is 0 Å². The number of aryl methyl sites for hydroxylation is 3. The molecule has 1 atom stereocenters. The fourth-order valence-corrected chi connectivity index (χ4v) is 2.81. The van der Waals surface area contributed by atoms with E-state index in [4.69, 9.17) is 0 Å². The van der Waals surface area contributed by atoms with Crippen molar-refractivity contribution in [1.29, 1.82) is 0 Å².